The number of ether oxygens (including phenoxy) is 2. The molecular formula is C19H27N3O4. The Balaban J connectivity index is 1.72. The first kappa shape index (κ1) is 17.5. The minimum absolute atomic E-state index is 0.0153. The van der Waals surface area contributed by atoms with Crippen LogP contribution in [-0.2, 0) is 17.7 Å². The number of piperidine rings is 1. The van der Waals surface area contributed by atoms with Crippen LogP contribution in [0.2, 0.25) is 0 Å². The molecule has 142 valence electrons. The van der Waals surface area contributed by atoms with Gasteiger partial charge in [0.05, 0.1) is 13.7 Å². The van der Waals surface area contributed by atoms with Gasteiger partial charge in [-0.25, -0.2) is 0 Å². The topological polar surface area (TPSA) is 72.8 Å². The maximum Gasteiger partial charge on any atom is 0.259 e. The van der Waals surface area contributed by atoms with E-state index in [9.17, 15) is 9.59 Å². The maximum absolute atomic E-state index is 13.5. The van der Waals surface area contributed by atoms with Gasteiger partial charge >= 0.3 is 0 Å². The standard InChI is InChI=1S/C19H27N3O4/c1-25-15-11-16(23)22-9-7-20-6-3-14(22)17(15)18(24)21-8-2-4-19(12-21)5-10-26-13-19/h11,20H,2-10,12-13H2,1H3/t19-/m0/s1. The number of likely N-dealkylation sites (tertiary alicyclic amines) is 1. The number of pyridine rings is 1. The predicted octanol–water partition coefficient (Wildman–Crippen LogP) is 0.645. The molecule has 0 bridgehead atoms. The van der Waals surface area contributed by atoms with Crippen molar-refractivity contribution in [3.8, 4) is 5.75 Å². The normalized spacial score (nSPS) is 25.8. The minimum atomic E-state index is -0.101. The van der Waals surface area contributed by atoms with Gasteiger partial charge in [0.15, 0.2) is 0 Å². The van der Waals surface area contributed by atoms with Crippen molar-refractivity contribution in [2.45, 2.75) is 32.2 Å². The summed E-state index contributed by atoms with van der Waals surface area (Å²) in [6, 6.07) is 1.46. The molecule has 7 heteroatoms. The molecule has 0 saturated carbocycles. The lowest BCUT2D eigenvalue weighted by Gasteiger charge is -2.39. The number of hydrogen-bond donors (Lipinski definition) is 1. The number of nitrogens with one attached hydrogen (secondary N) is 1. The maximum atomic E-state index is 13.5. The van der Waals surface area contributed by atoms with Gasteiger partial charge in [0.25, 0.3) is 11.5 Å². The van der Waals surface area contributed by atoms with Crippen LogP contribution in [0.5, 0.6) is 5.75 Å². The Labute approximate surface area is 153 Å². The highest BCUT2D eigenvalue weighted by Gasteiger charge is 2.41. The zero-order valence-corrected chi connectivity index (χ0v) is 15.4. The van der Waals surface area contributed by atoms with Crippen LogP contribution < -0.4 is 15.6 Å². The summed E-state index contributed by atoms with van der Waals surface area (Å²) in [5.74, 6) is 0.383. The van der Waals surface area contributed by atoms with Gasteiger partial charge in [0, 0.05) is 62.9 Å². The average molecular weight is 361 g/mol. The minimum Gasteiger partial charge on any atom is -0.496 e. The molecule has 1 aromatic rings. The van der Waals surface area contributed by atoms with Gasteiger partial charge in [0.2, 0.25) is 0 Å². The average Bonchev–Trinajstić information content (AvgIpc) is 2.94. The molecule has 0 radical (unpaired) electrons. The van der Waals surface area contributed by atoms with Crippen LogP contribution in [0.1, 0.15) is 35.3 Å². The van der Waals surface area contributed by atoms with Crippen LogP contribution in [0.15, 0.2) is 10.9 Å². The van der Waals surface area contributed by atoms with Crippen LogP contribution in [0, 0.1) is 5.41 Å². The number of carbonyl (C=O) groups excluding carboxylic acids is 1. The van der Waals surface area contributed by atoms with Gasteiger partial charge in [-0.15, -0.1) is 0 Å². The molecule has 1 spiro atoms. The molecule has 4 heterocycles. The van der Waals surface area contributed by atoms with E-state index >= 15 is 0 Å². The fraction of sp³-hybridized carbons (Fsp3) is 0.684. The molecule has 3 aliphatic rings. The summed E-state index contributed by atoms with van der Waals surface area (Å²) in [5.41, 5.74) is 1.36. The Morgan fingerprint density at radius 3 is 2.96 bits per heavy atom. The molecule has 0 aliphatic carbocycles. The van der Waals surface area contributed by atoms with E-state index in [2.05, 4.69) is 5.32 Å². The molecule has 1 N–H and O–H groups in total. The summed E-state index contributed by atoms with van der Waals surface area (Å²) >= 11 is 0. The molecule has 4 rings (SSSR count). The van der Waals surface area contributed by atoms with Crippen molar-refractivity contribution in [2.75, 3.05) is 46.5 Å². The van der Waals surface area contributed by atoms with Crippen LogP contribution in [0.25, 0.3) is 0 Å². The highest BCUT2D eigenvalue weighted by atomic mass is 16.5. The summed E-state index contributed by atoms with van der Waals surface area (Å²) in [6.07, 6.45) is 3.78. The van der Waals surface area contributed by atoms with E-state index in [1.165, 1.54) is 13.2 Å². The third-order valence-electron chi connectivity index (χ3n) is 6.00. The van der Waals surface area contributed by atoms with E-state index in [1.807, 2.05) is 4.90 Å². The number of fused-ring (bicyclic) bond motifs is 1. The highest BCUT2D eigenvalue weighted by Crippen LogP contribution is 2.38. The summed E-state index contributed by atoms with van der Waals surface area (Å²) in [4.78, 5) is 27.9. The molecule has 2 fully saturated rings. The predicted molar refractivity (Wildman–Crippen MR) is 96.8 cm³/mol. The van der Waals surface area contributed by atoms with Crippen molar-refractivity contribution in [1.29, 1.82) is 0 Å². The highest BCUT2D eigenvalue weighted by molar-refractivity contribution is 5.98. The lowest BCUT2D eigenvalue weighted by molar-refractivity contribution is 0.0458. The van der Waals surface area contributed by atoms with Crippen LogP contribution in [-0.4, -0.2) is 61.9 Å². The monoisotopic (exact) mass is 361 g/mol. The number of aromatic nitrogens is 1. The van der Waals surface area contributed by atoms with Crippen molar-refractivity contribution in [2.24, 2.45) is 5.41 Å². The zero-order chi connectivity index (χ0) is 18.1. The summed E-state index contributed by atoms with van der Waals surface area (Å²) in [6.45, 7) is 5.07. The number of nitrogens with zero attached hydrogens (tertiary/aromatic N) is 2. The second-order valence-electron chi connectivity index (χ2n) is 7.66. The summed E-state index contributed by atoms with van der Waals surface area (Å²) in [7, 11) is 1.53. The first-order valence-corrected chi connectivity index (χ1v) is 9.52. The SMILES string of the molecule is COc1cc(=O)n2c(c1C(=O)N1CCC[C@]3(CCOC3)C1)CCNCC2. The molecule has 0 aromatic carbocycles. The number of methoxy groups -OCH3 is 1. The van der Waals surface area contributed by atoms with E-state index in [-0.39, 0.29) is 16.9 Å². The van der Waals surface area contributed by atoms with Crippen molar-refractivity contribution in [3.63, 3.8) is 0 Å². The van der Waals surface area contributed by atoms with Gasteiger partial charge in [0.1, 0.15) is 11.3 Å². The van der Waals surface area contributed by atoms with Crippen LogP contribution in [0.4, 0.5) is 0 Å². The van der Waals surface area contributed by atoms with Crippen molar-refractivity contribution < 1.29 is 14.3 Å². The van der Waals surface area contributed by atoms with Crippen molar-refractivity contribution in [3.05, 3.63) is 27.7 Å². The molecule has 1 atom stereocenters. The molecule has 1 aromatic heterocycles. The smallest absolute Gasteiger partial charge is 0.259 e. The van der Waals surface area contributed by atoms with Gasteiger partial charge in [-0.1, -0.05) is 0 Å². The van der Waals surface area contributed by atoms with Gasteiger partial charge in [-0.05, 0) is 19.3 Å². The van der Waals surface area contributed by atoms with Gasteiger partial charge < -0.3 is 24.3 Å². The van der Waals surface area contributed by atoms with E-state index in [0.29, 0.717) is 24.3 Å². The Kier molecular flexibility index (Phi) is 4.75. The van der Waals surface area contributed by atoms with E-state index in [4.69, 9.17) is 9.47 Å². The Bertz CT molecular complexity index is 752. The molecule has 1 amide bonds. The second-order valence-corrected chi connectivity index (χ2v) is 7.66. The Hall–Kier alpha value is -1.86. The molecular weight excluding hydrogens is 334 g/mol. The van der Waals surface area contributed by atoms with Gasteiger partial charge in [-0.2, -0.15) is 0 Å². The quantitative estimate of drug-likeness (QED) is 0.837. The third kappa shape index (κ3) is 3.03. The van der Waals surface area contributed by atoms with E-state index in [1.54, 1.807) is 4.57 Å². The third-order valence-corrected chi connectivity index (χ3v) is 6.00. The van der Waals surface area contributed by atoms with Crippen LogP contribution in [0.3, 0.4) is 0 Å². The number of hydrogen-bond acceptors (Lipinski definition) is 5. The summed E-state index contributed by atoms with van der Waals surface area (Å²) in [5, 5.41) is 3.30. The lowest BCUT2D eigenvalue weighted by Crippen LogP contribution is -2.47. The van der Waals surface area contributed by atoms with Crippen molar-refractivity contribution in [1.82, 2.24) is 14.8 Å². The first-order valence-electron chi connectivity index (χ1n) is 9.52. The Morgan fingerprint density at radius 2 is 2.19 bits per heavy atom. The molecule has 3 aliphatic heterocycles. The zero-order valence-electron chi connectivity index (χ0n) is 15.4. The lowest BCUT2D eigenvalue weighted by atomic mass is 9.79. The van der Waals surface area contributed by atoms with E-state index in [0.717, 1.165) is 64.3 Å². The van der Waals surface area contributed by atoms with Crippen molar-refractivity contribution >= 4 is 5.91 Å². The first-order chi connectivity index (χ1) is 12.6. The molecule has 0 unspecified atom stereocenters. The Morgan fingerprint density at radius 1 is 1.31 bits per heavy atom. The van der Waals surface area contributed by atoms with E-state index < -0.39 is 0 Å². The van der Waals surface area contributed by atoms with Gasteiger partial charge in [-0.3, -0.25) is 9.59 Å². The fourth-order valence-corrected chi connectivity index (χ4v) is 4.60. The number of amides is 1. The fourth-order valence-electron chi connectivity index (χ4n) is 4.60. The number of carbonyl (C=O) groups is 1. The second kappa shape index (κ2) is 7.04. The molecule has 7 nitrogen and oxygen atoms in total. The molecule has 2 saturated heterocycles. The van der Waals surface area contributed by atoms with Crippen LogP contribution >= 0.6 is 0 Å². The largest absolute Gasteiger partial charge is 0.496 e. The number of rotatable bonds is 2. The molecule has 26 heavy (non-hydrogen) atoms. The summed E-state index contributed by atoms with van der Waals surface area (Å²) < 4.78 is 12.8.